The number of rotatable bonds is 1. The van der Waals surface area contributed by atoms with Crippen LogP contribution in [0.5, 0.6) is 0 Å². The summed E-state index contributed by atoms with van der Waals surface area (Å²) in [5.74, 6) is 1.44. The lowest BCUT2D eigenvalue weighted by Gasteiger charge is -2.24. The Morgan fingerprint density at radius 1 is 1.00 bits per heavy atom. The number of hydrogen-bond acceptors (Lipinski definition) is 1. The van der Waals surface area contributed by atoms with Crippen LogP contribution in [0.1, 0.15) is 17.0 Å². The van der Waals surface area contributed by atoms with E-state index in [2.05, 4.69) is 24.3 Å². The van der Waals surface area contributed by atoms with Crippen molar-refractivity contribution in [3.8, 4) is 0 Å². The van der Waals surface area contributed by atoms with Gasteiger partial charge < -0.3 is 0 Å². The van der Waals surface area contributed by atoms with Crippen molar-refractivity contribution in [3.63, 3.8) is 0 Å². The molecule has 17 heavy (non-hydrogen) atoms. The van der Waals surface area contributed by atoms with Crippen LogP contribution in [0.15, 0.2) is 53.4 Å². The first-order chi connectivity index (χ1) is 8.33. The van der Waals surface area contributed by atoms with Crippen molar-refractivity contribution in [2.24, 2.45) is 0 Å². The van der Waals surface area contributed by atoms with Crippen LogP contribution >= 0.6 is 11.8 Å². The molecule has 1 heterocycles. The SMILES string of the molecule is Fc1ccc([C@H]2CSc3ccccc3C2)cc1. The predicted octanol–water partition coefficient (Wildman–Crippen LogP) is 4.26. The van der Waals surface area contributed by atoms with Crippen LogP contribution in [0.3, 0.4) is 0 Å². The third-order valence-corrected chi connectivity index (χ3v) is 4.50. The Hall–Kier alpha value is -1.28. The minimum absolute atomic E-state index is 0.155. The molecule has 0 radical (unpaired) electrons. The summed E-state index contributed by atoms with van der Waals surface area (Å²) in [6.07, 6.45) is 1.06. The Morgan fingerprint density at radius 2 is 1.76 bits per heavy atom. The van der Waals surface area contributed by atoms with Gasteiger partial charge >= 0.3 is 0 Å². The Labute approximate surface area is 105 Å². The third-order valence-electron chi connectivity index (χ3n) is 3.22. The fraction of sp³-hybridized carbons (Fsp3) is 0.200. The molecule has 0 saturated heterocycles. The van der Waals surface area contributed by atoms with Crippen LogP contribution in [0.25, 0.3) is 0 Å². The Kier molecular flexibility index (Phi) is 2.89. The molecule has 0 unspecified atom stereocenters. The van der Waals surface area contributed by atoms with Crippen molar-refractivity contribution in [2.75, 3.05) is 5.75 Å². The van der Waals surface area contributed by atoms with Gasteiger partial charge in [-0.1, -0.05) is 30.3 Å². The zero-order chi connectivity index (χ0) is 11.7. The fourth-order valence-corrected chi connectivity index (χ4v) is 3.48. The third kappa shape index (κ3) is 2.22. The van der Waals surface area contributed by atoms with E-state index >= 15 is 0 Å². The van der Waals surface area contributed by atoms with Crippen molar-refractivity contribution in [2.45, 2.75) is 17.2 Å². The topological polar surface area (TPSA) is 0 Å². The highest BCUT2D eigenvalue weighted by molar-refractivity contribution is 7.99. The highest BCUT2D eigenvalue weighted by atomic mass is 32.2. The molecule has 0 saturated carbocycles. The largest absolute Gasteiger partial charge is 0.207 e. The Balaban J connectivity index is 1.86. The second-order valence-corrected chi connectivity index (χ2v) is 5.43. The Bertz CT molecular complexity index is 519. The second-order valence-electron chi connectivity index (χ2n) is 4.37. The normalized spacial score (nSPS) is 18.8. The standard InChI is InChI=1S/C15H13FS/c16-14-7-5-11(6-8-14)13-9-12-3-1-2-4-15(12)17-10-13/h1-8,13H,9-10H2/t13-/m1/s1. The van der Waals surface area contributed by atoms with E-state index in [1.54, 1.807) is 12.1 Å². The highest BCUT2D eigenvalue weighted by Crippen LogP contribution is 2.37. The summed E-state index contributed by atoms with van der Waals surface area (Å²) in [5.41, 5.74) is 2.66. The van der Waals surface area contributed by atoms with Gasteiger partial charge in [-0.25, -0.2) is 4.39 Å². The van der Waals surface area contributed by atoms with E-state index in [1.807, 2.05) is 23.9 Å². The smallest absolute Gasteiger partial charge is 0.123 e. The summed E-state index contributed by atoms with van der Waals surface area (Å²) in [6.45, 7) is 0. The molecule has 0 N–H and O–H groups in total. The average Bonchev–Trinajstić information content (AvgIpc) is 2.39. The molecular formula is C15H13FS. The van der Waals surface area contributed by atoms with Gasteiger partial charge in [-0.3, -0.25) is 0 Å². The molecule has 0 nitrogen and oxygen atoms in total. The van der Waals surface area contributed by atoms with Crippen LogP contribution in [-0.4, -0.2) is 5.75 Å². The van der Waals surface area contributed by atoms with E-state index in [-0.39, 0.29) is 5.82 Å². The fourth-order valence-electron chi connectivity index (χ4n) is 2.28. The summed E-state index contributed by atoms with van der Waals surface area (Å²) in [7, 11) is 0. The molecule has 0 aliphatic carbocycles. The first kappa shape index (κ1) is 10.8. The van der Waals surface area contributed by atoms with Crippen LogP contribution in [0, 0.1) is 5.82 Å². The maximum Gasteiger partial charge on any atom is 0.123 e. The maximum absolute atomic E-state index is 12.9. The van der Waals surface area contributed by atoms with E-state index in [0.717, 1.165) is 12.2 Å². The van der Waals surface area contributed by atoms with Crippen LogP contribution in [0.2, 0.25) is 0 Å². The van der Waals surface area contributed by atoms with Gasteiger partial charge in [0.25, 0.3) is 0 Å². The van der Waals surface area contributed by atoms with Gasteiger partial charge in [-0.05, 0) is 41.7 Å². The molecule has 0 amide bonds. The molecule has 0 bridgehead atoms. The van der Waals surface area contributed by atoms with Crippen molar-refractivity contribution >= 4 is 11.8 Å². The van der Waals surface area contributed by atoms with Gasteiger partial charge in [0.1, 0.15) is 5.82 Å². The maximum atomic E-state index is 12.9. The zero-order valence-electron chi connectivity index (χ0n) is 9.40. The first-order valence-electron chi connectivity index (χ1n) is 5.79. The predicted molar refractivity (Wildman–Crippen MR) is 70.0 cm³/mol. The molecule has 2 aromatic carbocycles. The molecule has 2 aromatic rings. The minimum Gasteiger partial charge on any atom is -0.207 e. The molecule has 0 spiro atoms. The lowest BCUT2D eigenvalue weighted by molar-refractivity contribution is 0.625. The summed E-state index contributed by atoms with van der Waals surface area (Å²) < 4.78 is 12.9. The van der Waals surface area contributed by atoms with Gasteiger partial charge in [-0.2, -0.15) is 0 Å². The van der Waals surface area contributed by atoms with Crippen molar-refractivity contribution in [1.29, 1.82) is 0 Å². The first-order valence-corrected chi connectivity index (χ1v) is 6.77. The van der Waals surface area contributed by atoms with Crippen molar-refractivity contribution in [3.05, 3.63) is 65.5 Å². The van der Waals surface area contributed by atoms with Gasteiger partial charge in [0.15, 0.2) is 0 Å². The van der Waals surface area contributed by atoms with E-state index in [9.17, 15) is 4.39 Å². The number of benzene rings is 2. The summed E-state index contributed by atoms with van der Waals surface area (Å²) in [5, 5.41) is 0. The van der Waals surface area contributed by atoms with E-state index in [1.165, 1.54) is 16.0 Å². The van der Waals surface area contributed by atoms with Gasteiger partial charge in [0.2, 0.25) is 0 Å². The summed E-state index contributed by atoms with van der Waals surface area (Å²) in [4.78, 5) is 1.39. The van der Waals surface area contributed by atoms with Crippen LogP contribution in [-0.2, 0) is 6.42 Å². The molecule has 1 atom stereocenters. The lowest BCUT2D eigenvalue weighted by atomic mass is 9.93. The quantitative estimate of drug-likeness (QED) is 0.722. The molecule has 0 aromatic heterocycles. The number of halogens is 1. The van der Waals surface area contributed by atoms with Crippen LogP contribution in [0.4, 0.5) is 4.39 Å². The van der Waals surface area contributed by atoms with E-state index in [0.29, 0.717) is 5.92 Å². The zero-order valence-corrected chi connectivity index (χ0v) is 10.2. The average molecular weight is 244 g/mol. The molecule has 3 rings (SSSR count). The van der Waals surface area contributed by atoms with Crippen molar-refractivity contribution < 1.29 is 4.39 Å². The summed E-state index contributed by atoms with van der Waals surface area (Å²) >= 11 is 1.90. The van der Waals surface area contributed by atoms with Gasteiger partial charge in [0.05, 0.1) is 0 Å². The molecule has 86 valence electrons. The molecule has 1 aliphatic rings. The molecular weight excluding hydrogens is 231 g/mol. The summed E-state index contributed by atoms with van der Waals surface area (Å²) in [6, 6.07) is 15.5. The lowest BCUT2D eigenvalue weighted by Crippen LogP contribution is -2.11. The number of fused-ring (bicyclic) bond motifs is 1. The Morgan fingerprint density at radius 3 is 2.59 bits per heavy atom. The second kappa shape index (κ2) is 4.53. The minimum atomic E-state index is -0.155. The molecule has 2 heteroatoms. The highest BCUT2D eigenvalue weighted by Gasteiger charge is 2.20. The van der Waals surface area contributed by atoms with Crippen molar-refractivity contribution in [1.82, 2.24) is 0 Å². The molecule has 1 aliphatic heterocycles. The monoisotopic (exact) mass is 244 g/mol. The number of thioether (sulfide) groups is 1. The van der Waals surface area contributed by atoms with Gasteiger partial charge in [-0.15, -0.1) is 11.8 Å². The number of hydrogen-bond donors (Lipinski definition) is 0. The van der Waals surface area contributed by atoms with E-state index < -0.39 is 0 Å². The van der Waals surface area contributed by atoms with Crippen LogP contribution < -0.4 is 0 Å². The van der Waals surface area contributed by atoms with Gasteiger partial charge in [0, 0.05) is 10.6 Å². The van der Waals surface area contributed by atoms with E-state index in [4.69, 9.17) is 0 Å². The molecule has 0 fully saturated rings.